The summed E-state index contributed by atoms with van der Waals surface area (Å²) >= 11 is 0. The summed E-state index contributed by atoms with van der Waals surface area (Å²) in [6, 6.07) is 13.5. The molecule has 0 atom stereocenters. The molecule has 2 aromatic carbocycles. The van der Waals surface area contributed by atoms with Gasteiger partial charge in [-0.05, 0) is 43.2 Å². The van der Waals surface area contributed by atoms with Gasteiger partial charge in [-0.2, -0.15) is 13.5 Å². The van der Waals surface area contributed by atoms with Crippen molar-refractivity contribution in [1.29, 1.82) is 0 Å². The Kier molecular flexibility index (Phi) is 11.9. The smallest absolute Gasteiger partial charge is 0.294 e. The number of nitrogens with zero attached hydrogens (tertiary/aromatic N) is 2. The number of benzene rings is 2. The zero-order chi connectivity index (χ0) is 23.1. The van der Waals surface area contributed by atoms with Crippen molar-refractivity contribution < 1.29 is 22.9 Å². The van der Waals surface area contributed by atoms with E-state index in [-0.39, 0.29) is 10.9 Å². The second kappa shape index (κ2) is 14.1. The lowest BCUT2D eigenvalue weighted by molar-refractivity contribution is 0.232. The Labute approximate surface area is 183 Å². The molecule has 0 amide bonds. The Hall–Kier alpha value is -2.95. The molecule has 0 heterocycles. The largest absolute Gasteiger partial charge is 0.494 e. The van der Waals surface area contributed by atoms with E-state index in [9.17, 15) is 8.42 Å². The fourth-order valence-corrected chi connectivity index (χ4v) is 2.77. The van der Waals surface area contributed by atoms with Crippen molar-refractivity contribution in [1.82, 2.24) is 5.48 Å². The van der Waals surface area contributed by atoms with Gasteiger partial charge in [-0.3, -0.25) is 9.76 Å². The maximum atomic E-state index is 10.5. The lowest BCUT2D eigenvalue weighted by Crippen LogP contribution is -2.27. The SMILES string of the molecule is CCCCCCOc1cccc(/C=N/N=C(\N)NO)c1.Cc1ccc(S(=O)(=O)O)cc1. The van der Waals surface area contributed by atoms with Gasteiger partial charge in [0.25, 0.3) is 10.1 Å². The van der Waals surface area contributed by atoms with Gasteiger partial charge in [0.15, 0.2) is 0 Å². The fourth-order valence-electron chi connectivity index (χ4n) is 2.29. The zero-order valence-corrected chi connectivity index (χ0v) is 18.5. The molecule has 0 aromatic heterocycles. The van der Waals surface area contributed by atoms with E-state index in [1.165, 1.54) is 37.6 Å². The Bertz CT molecular complexity index is 944. The molecule has 0 spiro atoms. The van der Waals surface area contributed by atoms with Crippen LogP contribution >= 0.6 is 0 Å². The summed E-state index contributed by atoms with van der Waals surface area (Å²) in [5, 5.41) is 15.7. The highest BCUT2D eigenvalue weighted by molar-refractivity contribution is 7.85. The Balaban J connectivity index is 0.000000367. The molecule has 2 rings (SSSR count). The molecule has 0 bridgehead atoms. The van der Waals surface area contributed by atoms with Gasteiger partial charge >= 0.3 is 0 Å². The number of aryl methyl sites for hydroxylation is 1. The van der Waals surface area contributed by atoms with Crippen molar-refractivity contribution in [2.75, 3.05) is 6.61 Å². The van der Waals surface area contributed by atoms with E-state index in [0.29, 0.717) is 0 Å². The average molecular weight is 451 g/mol. The monoisotopic (exact) mass is 450 g/mol. The van der Waals surface area contributed by atoms with Crippen LogP contribution in [0.5, 0.6) is 5.75 Å². The van der Waals surface area contributed by atoms with E-state index in [1.54, 1.807) is 17.6 Å². The molecule has 31 heavy (non-hydrogen) atoms. The topological polar surface area (TPSA) is 147 Å². The van der Waals surface area contributed by atoms with Crippen LogP contribution < -0.4 is 16.0 Å². The zero-order valence-electron chi connectivity index (χ0n) is 17.7. The summed E-state index contributed by atoms with van der Waals surface area (Å²) in [6.45, 7) is 4.75. The van der Waals surface area contributed by atoms with Crippen LogP contribution in [0.1, 0.15) is 43.7 Å². The predicted octanol–water partition coefficient (Wildman–Crippen LogP) is 3.51. The van der Waals surface area contributed by atoms with E-state index < -0.39 is 10.1 Å². The third-order valence-electron chi connectivity index (χ3n) is 3.93. The summed E-state index contributed by atoms with van der Waals surface area (Å²) < 4.78 is 35.2. The molecule has 5 N–H and O–H groups in total. The van der Waals surface area contributed by atoms with Crippen LogP contribution in [0.2, 0.25) is 0 Å². The molecule has 10 heteroatoms. The third kappa shape index (κ3) is 11.7. The number of nitrogens with two attached hydrogens (primary N) is 1. The van der Waals surface area contributed by atoms with Crippen molar-refractivity contribution in [3.8, 4) is 5.75 Å². The van der Waals surface area contributed by atoms with Gasteiger partial charge in [0, 0.05) is 0 Å². The van der Waals surface area contributed by atoms with Gasteiger partial charge in [0.2, 0.25) is 5.96 Å². The second-order valence-corrected chi connectivity index (χ2v) is 8.03. The minimum absolute atomic E-state index is 0.0666. The van der Waals surface area contributed by atoms with Crippen molar-refractivity contribution in [2.45, 2.75) is 44.4 Å². The number of unbranched alkanes of at least 4 members (excludes halogenated alkanes) is 3. The van der Waals surface area contributed by atoms with Gasteiger partial charge in [-0.15, -0.1) is 5.10 Å². The summed E-state index contributed by atoms with van der Waals surface area (Å²) in [4.78, 5) is -0.0666. The maximum absolute atomic E-state index is 10.5. The molecule has 0 aliphatic rings. The first-order valence-corrected chi connectivity index (χ1v) is 11.2. The molecule has 170 valence electrons. The predicted molar refractivity (Wildman–Crippen MR) is 121 cm³/mol. The lowest BCUT2D eigenvalue weighted by atomic mass is 10.2. The van der Waals surface area contributed by atoms with Gasteiger partial charge in [0.05, 0.1) is 17.7 Å². The fraction of sp³-hybridized carbons (Fsp3) is 0.333. The van der Waals surface area contributed by atoms with Crippen LogP contribution in [-0.2, 0) is 10.1 Å². The van der Waals surface area contributed by atoms with Gasteiger partial charge in [-0.25, -0.2) is 5.48 Å². The molecule has 0 unspecified atom stereocenters. The molecule has 2 aromatic rings. The van der Waals surface area contributed by atoms with E-state index in [2.05, 4.69) is 17.1 Å². The van der Waals surface area contributed by atoms with E-state index >= 15 is 0 Å². The van der Waals surface area contributed by atoms with Crippen molar-refractivity contribution in [3.05, 3.63) is 59.7 Å². The van der Waals surface area contributed by atoms with Crippen LogP contribution in [0.3, 0.4) is 0 Å². The van der Waals surface area contributed by atoms with Crippen LogP contribution in [0.4, 0.5) is 0 Å². The van der Waals surface area contributed by atoms with Crippen LogP contribution in [0.25, 0.3) is 0 Å². The van der Waals surface area contributed by atoms with Crippen LogP contribution in [0, 0.1) is 6.92 Å². The summed E-state index contributed by atoms with van der Waals surface area (Å²) in [6.07, 6.45) is 6.26. The van der Waals surface area contributed by atoms with Crippen molar-refractivity contribution >= 4 is 22.3 Å². The van der Waals surface area contributed by atoms with Gasteiger partial charge in [0.1, 0.15) is 5.75 Å². The third-order valence-corrected chi connectivity index (χ3v) is 4.80. The molecule has 0 aliphatic carbocycles. The summed E-state index contributed by atoms with van der Waals surface area (Å²) in [7, 11) is -4.02. The van der Waals surface area contributed by atoms with Crippen molar-refractivity contribution in [2.24, 2.45) is 15.9 Å². The Morgan fingerprint density at radius 2 is 1.87 bits per heavy atom. The molecule has 0 radical (unpaired) electrons. The number of rotatable bonds is 9. The highest BCUT2D eigenvalue weighted by Gasteiger charge is 2.06. The quantitative estimate of drug-likeness (QED) is 0.150. The number of nitrogens with one attached hydrogen (secondary N) is 1. The molecule has 0 saturated carbocycles. The highest BCUT2D eigenvalue weighted by atomic mass is 32.2. The number of hydrogen-bond donors (Lipinski definition) is 4. The first-order valence-electron chi connectivity index (χ1n) is 9.80. The molecule has 0 saturated heterocycles. The van der Waals surface area contributed by atoms with Crippen LogP contribution in [-0.4, -0.2) is 37.0 Å². The minimum Gasteiger partial charge on any atom is -0.494 e. The van der Waals surface area contributed by atoms with E-state index in [1.807, 2.05) is 31.2 Å². The van der Waals surface area contributed by atoms with Gasteiger partial charge in [-0.1, -0.05) is 56.0 Å². The molecule has 0 aliphatic heterocycles. The Morgan fingerprint density at radius 1 is 1.16 bits per heavy atom. The average Bonchev–Trinajstić information content (AvgIpc) is 2.74. The molecular formula is C21H30N4O5S. The number of ether oxygens (including phenoxy) is 1. The summed E-state index contributed by atoms with van der Waals surface area (Å²) in [5.74, 6) is 0.646. The standard InChI is InChI=1S/C14H22N4O2.C7H8O3S/c1-2-3-4-5-9-20-13-8-6-7-12(10-13)11-16-17-14(15)18-19;1-6-2-4-7(5-3-6)11(8,9)10/h6-8,10-11,19H,2-5,9H2,1H3,(H3,15,17,18);2-5H,1H3,(H,8,9,10)/b16-11+;. The lowest BCUT2D eigenvalue weighted by Gasteiger charge is -2.06. The molecule has 9 nitrogen and oxygen atoms in total. The number of hydroxylamine groups is 1. The summed E-state index contributed by atoms with van der Waals surface area (Å²) in [5.41, 5.74) is 8.73. The van der Waals surface area contributed by atoms with Crippen LogP contribution in [0.15, 0.2) is 63.6 Å². The van der Waals surface area contributed by atoms with Gasteiger partial charge < -0.3 is 10.5 Å². The normalized spacial score (nSPS) is 11.7. The first kappa shape index (κ1) is 26.1. The molecule has 0 fully saturated rings. The maximum Gasteiger partial charge on any atom is 0.294 e. The second-order valence-electron chi connectivity index (χ2n) is 6.61. The number of guanidine groups is 1. The van der Waals surface area contributed by atoms with Crippen molar-refractivity contribution in [3.63, 3.8) is 0 Å². The minimum atomic E-state index is -4.02. The molecular weight excluding hydrogens is 420 g/mol. The Morgan fingerprint density at radius 3 is 2.48 bits per heavy atom. The van der Waals surface area contributed by atoms with E-state index in [4.69, 9.17) is 20.2 Å². The number of hydrogen-bond acceptors (Lipinski definition) is 6. The van der Waals surface area contributed by atoms with E-state index in [0.717, 1.165) is 29.9 Å². The highest BCUT2D eigenvalue weighted by Crippen LogP contribution is 2.13. The first-order chi connectivity index (χ1) is 14.8.